The highest BCUT2D eigenvalue weighted by Gasteiger charge is 2.22. The summed E-state index contributed by atoms with van der Waals surface area (Å²) in [5.41, 5.74) is 2.09. The number of para-hydroxylation sites is 1. The van der Waals surface area contributed by atoms with E-state index in [2.05, 4.69) is 17.6 Å². The molecule has 0 aromatic heterocycles. The maximum Gasteiger partial charge on any atom is 0.279 e. The van der Waals surface area contributed by atoms with Crippen LogP contribution >= 0.6 is 0 Å². The molecule has 3 rings (SSSR count). The van der Waals surface area contributed by atoms with Crippen molar-refractivity contribution in [3.05, 3.63) is 65.7 Å². The number of amides is 2. The molecule has 28 heavy (non-hydrogen) atoms. The third-order valence-corrected chi connectivity index (χ3v) is 5.48. The molecule has 5 heteroatoms. The number of nitrogens with one attached hydrogen (secondary N) is 3. The number of hydrogen-bond donors (Lipinski definition) is 3. The largest absolute Gasteiger partial charge is 0.345 e. The first-order chi connectivity index (χ1) is 13.5. The number of carbonyl (C=O) groups is 2. The minimum Gasteiger partial charge on any atom is -0.345 e. The minimum atomic E-state index is -0.189. The second-order valence-corrected chi connectivity index (χ2v) is 7.81. The topological polar surface area (TPSA) is 62.6 Å². The molecule has 0 unspecified atom stereocenters. The third kappa shape index (κ3) is 5.42. The Hall–Kier alpha value is -2.66. The minimum absolute atomic E-state index is 0.0408. The average Bonchev–Trinajstić information content (AvgIpc) is 2.70. The van der Waals surface area contributed by atoms with Gasteiger partial charge in [-0.15, -0.1) is 0 Å². The molecule has 1 aliphatic heterocycles. The van der Waals surface area contributed by atoms with Gasteiger partial charge in [-0.25, -0.2) is 0 Å². The van der Waals surface area contributed by atoms with Crippen LogP contribution in [0.4, 0.5) is 5.69 Å². The second kappa shape index (κ2) is 9.51. The summed E-state index contributed by atoms with van der Waals surface area (Å²) in [7, 11) is 0. The molecule has 0 aliphatic carbocycles. The monoisotopic (exact) mass is 380 g/mol. The van der Waals surface area contributed by atoms with E-state index < -0.39 is 0 Å². The highest BCUT2D eigenvalue weighted by atomic mass is 16.2. The molecule has 0 saturated carbocycles. The standard InChI is InChI=1S/C23H29N3O2/c1-17-12-14-26(15-13-17)16-22(27)25-21-11-7-6-10-20(21)23(28)24-18(2)19-8-4-3-5-9-19/h3-11,17-18H,12-16H2,1-2H3,(H,24,28)(H,25,27)/p+1/t18-/m1/s1. The summed E-state index contributed by atoms with van der Waals surface area (Å²) in [4.78, 5) is 26.6. The molecule has 148 valence electrons. The number of anilines is 1. The predicted octanol–water partition coefficient (Wildman–Crippen LogP) is 2.43. The van der Waals surface area contributed by atoms with Crippen LogP contribution < -0.4 is 15.5 Å². The zero-order valence-electron chi connectivity index (χ0n) is 16.7. The van der Waals surface area contributed by atoms with E-state index in [1.54, 1.807) is 12.1 Å². The van der Waals surface area contributed by atoms with Crippen molar-refractivity contribution in [3.8, 4) is 0 Å². The molecule has 2 aromatic rings. The summed E-state index contributed by atoms with van der Waals surface area (Å²) in [6, 6.07) is 16.9. The van der Waals surface area contributed by atoms with Gasteiger partial charge in [0.25, 0.3) is 11.8 Å². The van der Waals surface area contributed by atoms with E-state index in [-0.39, 0.29) is 17.9 Å². The van der Waals surface area contributed by atoms with Crippen LogP contribution in [-0.4, -0.2) is 31.4 Å². The van der Waals surface area contributed by atoms with Gasteiger partial charge in [0.05, 0.1) is 30.4 Å². The number of quaternary nitrogens is 1. The fourth-order valence-corrected chi connectivity index (χ4v) is 3.66. The van der Waals surface area contributed by atoms with Gasteiger partial charge < -0.3 is 15.5 Å². The molecular formula is C23H30N3O2+. The molecular weight excluding hydrogens is 350 g/mol. The molecule has 0 radical (unpaired) electrons. The molecule has 0 spiro atoms. The van der Waals surface area contributed by atoms with E-state index in [4.69, 9.17) is 0 Å². The van der Waals surface area contributed by atoms with Gasteiger partial charge in [-0.3, -0.25) is 9.59 Å². The highest BCUT2D eigenvalue weighted by molar-refractivity contribution is 6.04. The van der Waals surface area contributed by atoms with E-state index in [1.165, 1.54) is 17.7 Å². The summed E-state index contributed by atoms with van der Waals surface area (Å²) in [5, 5.41) is 5.96. The van der Waals surface area contributed by atoms with E-state index in [1.807, 2.05) is 49.4 Å². The highest BCUT2D eigenvalue weighted by Crippen LogP contribution is 2.18. The summed E-state index contributed by atoms with van der Waals surface area (Å²) < 4.78 is 0. The van der Waals surface area contributed by atoms with Gasteiger partial charge in [-0.05, 0) is 43.4 Å². The lowest BCUT2D eigenvalue weighted by atomic mass is 9.99. The smallest absolute Gasteiger partial charge is 0.279 e. The molecule has 1 aliphatic rings. The van der Waals surface area contributed by atoms with Gasteiger partial charge in [0, 0.05) is 0 Å². The van der Waals surface area contributed by atoms with Crippen molar-refractivity contribution >= 4 is 17.5 Å². The van der Waals surface area contributed by atoms with Crippen molar-refractivity contribution in [2.24, 2.45) is 5.92 Å². The van der Waals surface area contributed by atoms with Crippen molar-refractivity contribution in [1.82, 2.24) is 5.32 Å². The summed E-state index contributed by atoms with van der Waals surface area (Å²) in [5.74, 6) is 0.523. The van der Waals surface area contributed by atoms with Crippen LogP contribution in [0.5, 0.6) is 0 Å². The number of rotatable bonds is 6. The molecule has 1 saturated heterocycles. The van der Waals surface area contributed by atoms with Gasteiger partial charge in [-0.1, -0.05) is 49.4 Å². The molecule has 1 heterocycles. The fraction of sp³-hybridized carbons (Fsp3) is 0.391. The lowest BCUT2D eigenvalue weighted by molar-refractivity contribution is -0.897. The summed E-state index contributed by atoms with van der Waals surface area (Å²) >= 11 is 0. The van der Waals surface area contributed by atoms with Gasteiger partial charge in [0.1, 0.15) is 0 Å². The van der Waals surface area contributed by atoms with Crippen molar-refractivity contribution in [2.45, 2.75) is 32.7 Å². The second-order valence-electron chi connectivity index (χ2n) is 7.81. The van der Waals surface area contributed by atoms with Crippen molar-refractivity contribution < 1.29 is 14.5 Å². The normalized spacial score (nSPS) is 20.2. The first kappa shape index (κ1) is 20.1. The molecule has 5 nitrogen and oxygen atoms in total. The van der Waals surface area contributed by atoms with Crippen LogP contribution in [-0.2, 0) is 4.79 Å². The van der Waals surface area contributed by atoms with E-state index in [0.717, 1.165) is 24.6 Å². The van der Waals surface area contributed by atoms with E-state index in [0.29, 0.717) is 17.8 Å². The van der Waals surface area contributed by atoms with Crippen molar-refractivity contribution in [3.63, 3.8) is 0 Å². The third-order valence-electron chi connectivity index (χ3n) is 5.48. The Balaban J connectivity index is 1.62. The number of benzene rings is 2. The molecule has 1 atom stereocenters. The molecule has 2 aromatic carbocycles. The number of piperidine rings is 1. The maximum absolute atomic E-state index is 12.8. The Morgan fingerprint density at radius 3 is 2.39 bits per heavy atom. The zero-order valence-corrected chi connectivity index (χ0v) is 16.7. The maximum atomic E-state index is 12.8. The van der Waals surface area contributed by atoms with Gasteiger partial charge in [0.2, 0.25) is 0 Å². The van der Waals surface area contributed by atoms with Crippen LogP contribution in [0.3, 0.4) is 0 Å². The molecule has 1 fully saturated rings. The fourth-order valence-electron chi connectivity index (χ4n) is 3.66. The first-order valence-electron chi connectivity index (χ1n) is 10.1. The molecule has 0 bridgehead atoms. The number of likely N-dealkylation sites (tertiary alicyclic amines) is 1. The predicted molar refractivity (Wildman–Crippen MR) is 111 cm³/mol. The summed E-state index contributed by atoms with van der Waals surface area (Å²) in [6.45, 7) is 6.73. The van der Waals surface area contributed by atoms with Crippen LogP contribution in [0, 0.1) is 5.92 Å². The van der Waals surface area contributed by atoms with Crippen LogP contribution in [0.15, 0.2) is 54.6 Å². The Morgan fingerprint density at radius 2 is 1.68 bits per heavy atom. The lowest BCUT2D eigenvalue weighted by Gasteiger charge is -2.26. The zero-order chi connectivity index (χ0) is 19.9. The number of carbonyl (C=O) groups excluding carboxylic acids is 2. The quantitative estimate of drug-likeness (QED) is 0.721. The van der Waals surface area contributed by atoms with Gasteiger partial charge in [0.15, 0.2) is 6.54 Å². The molecule has 2 amide bonds. The average molecular weight is 381 g/mol. The first-order valence-corrected chi connectivity index (χ1v) is 10.1. The Morgan fingerprint density at radius 1 is 1.04 bits per heavy atom. The van der Waals surface area contributed by atoms with Crippen LogP contribution in [0.1, 0.15) is 48.7 Å². The van der Waals surface area contributed by atoms with E-state index in [9.17, 15) is 9.59 Å². The molecule has 3 N–H and O–H groups in total. The van der Waals surface area contributed by atoms with Crippen LogP contribution in [0.2, 0.25) is 0 Å². The van der Waals surface area contributed by atoms with Crippen molar-refractivity contribution in [2.75, 3.05) is 25.0 Å². The van der Waals surface area contributed by atoms with E-state index >= 15 is 0 Å². The Bertz CT molecular complexity index is 799. The SMILES string of the molecule is CC1CC[NH+](CC(=O)Nc2ccccc2C(=O)N[C@H](C)c2ccccc2)CC1. The van der Waals surface area contributed by atoms with Crippen molar-refractivity contribution in [1.29, 1.82) is 0 Å². The Labute approximate surface area is 167 Å². The van der Waals surface area contributed by atoms with Gasteiger partial charge >= 0.3 is 0 Å². The van der Waals surface area contributed by atoms with Crippen LogP contribution in [0.25, 0.3) is 0 Å². The Kier molecular flexibility index (Phi) is 6.82. The number of hydrogen-bond acceptors (Lipinski definition) is 2. The van der Waals surface area contributed by atoms with Gasteiger partial charge in [-0.2, -0.15) is 0 Å². The summed E-state index contributed by atoms with van der Waals surface area (Å²) in [6.07, 6.45) is 2.33. The lowest BCUT2D eigenvalue weighted by Crippen LogP contribution is -3.14.